The van der Waals surface area contributed by atoms with Gasteiger partial charge in [0.2, 0.25) is 0 Å². The second kappa shape index (κ2) is 6.10. The summed E-state index contributed by atoms with van der Waals surface area (Å²) in [6.07, 6.45) is 1.09. The van der Waals surface area contributed by atoms with Crippen LogP contribution in [0.2, 0.25) is 0 Å². The molecule has 1 saturated heterocycles. The number of nitrogens with zero attached hydrogens (tertiary/aromatic N) is 3. The van der Waals surface area contributed by atoms with E-state index in [2.05, 4.69) is 15.3 Å². The number of hydrogen-bond acceptors (Lipinski definition) is 4. The van der Waals surface area contributed by atoms with E-state index >= 15 is 0 Å². The predicted octanol–water partition coefficient (Wildman–Crippen LogP) is 1.34. The second-order valence-corrected chi connectivity index (χ2v) is 5.37. The molecule has 2 aromatic rings. The highest BCUT2D eigenvalue weighted by atomic mass is 16.1. The summed E-state index contributed by atoms with van der Waals surface area (Å²) in [6.45, 7) is 5.88. The average Bonchev–Trinajstić information content (AvgIpc) is 2.77. The quantitative estimate of drug-likeness (QED) is 0.904. The van der Waals surface area contributed by atoms with Crippen LogP contribution in [0, 0.1) is 6.92 Å². The molecular formula is C16H20N4O. The molecule has 1 N–H and O–H groups in total. The van der Waals surface area contributed by atoms with Crippen molar-refractivity contribution in [3.63, 3.8) is 0 Å². The smallest absolute Gasteiger partial charge is 0.271 e. The van der Waals surface area contributed by atoms with Gasteiger partial charge in [-0.25, -0.2) is 0 Å². The number of benzene rings is 1. The lowest BCUT2D eigenvalue weighted by Crippen LogP contribution is -2.31. The SMILES string of the molecule is Cc1cccc(-n2nc(N3CCCNCC3)ccc2=O)c1. The monoisotopic (exact) mass is 284 g/mol. The van der Waals surface area contributed by atoms with Crippen molar-refractivity contribution in [1.82, 2.24) is 15.1 Å². The second-order valence-electron chi connectivity index (χ2n) is 5.37. The lowest BCUT2D eigenvalue weighted by molar-refractivity contribution is 0.723. The first kappa shape index (κ1) is 13.8. The molecule has 0 bridgehead atoms. The fourth-order valence-electron chi connectivity index (χ4n) is 2.59. The Morgan fingerprint density at radius 1 is 1.14 bits per heavy atom. The molecule has 1 aliphatic rings. The minimum atomic E-state index is -0.0997. The van der Waals surface area contributed by atoms with Gasteiger partial charge < -0.3 is 10.2 Å². The van der Waals surface area contributed by atoms with E-state index in [1.54, 1.807) is 6.07 Å². The van der Waals surface area contributed by atoms with Crippen LogP contribution >= 0.6 is 0 Å². The molecule has 0 spiro atoms. The van der Waals surface area contributed by atoms with Gasteiger partial charge in [0.15, 0.2) is 0 Å². The van der Waals surface area contributed by atoms with E-state index in [-0.39, 0.29) is 5.56 Å². The van der Waals surface area contributed by atoms with E-state index in [4.69, 9.17) is 0 Å². The normalized spacial score (nSPS) is 15.8. The number of hydrogen-bond donors (Lipinski definition) is 1. The molecule has 1 aliphatic heterocycles. The molecule has 1 fully saturated rings. The molecule has 0 unspecified atom stereocenters. The Labute approximate surface area is 124 Å². The molecule has 1 aromatic heterocycles. The zero-order valence-corrected chi connectivity index (χ0v) is 12.2. The Morgan fingerprint density at radius 3 is 2.90 bits per heavy atom. The molecule has 2 heterocycles. The van der Waals surface area contributed by atoms with Crippen molar-refractivity contribution in [3.05, 3.63) is 52.3 Å². The zero-order chi connectivity index (χ0) is 14.7. The summed E-state index contributed by atoms with van der Waals surface area (Å²) in [5.74, 6) is 0.861. The van der Waals surface area contributed by atoms with Gasteiger partial charge in [0, 0.05) is 25.7 Å². The first-order valence-electron chi connectivity index (χ1n) is 7.37. The minimum Gasteiger partial charge on any atom is -0.354 e. The van der Waals surface area contributed by atoms with Gasteiger partial charge in [-0.2, -0.15) is 4.68 Å². The van der Waals surface area contributed by atoms with Crippen LogP contribution in [0.4, 0.5) is 5.82 Å². The average molecular weight is 284 g/mol. The summed E-state index contributed by atoms with van der Waals surface area (Å²) in [5.41, 5.74) is 1.83. The van der Waals surface area contributed by atoms with E-state index in [0.717, 1.165) is 49.7 Å². The van der Waals surface area contributed by atoms with Crippen molar-refractivity contribution in [2.45, 2.75) is 13.3 Å². The van der Waals surface area contributed by atoms with Gasteiger partial charge in [0.1, 0.15) is 5.82 Å². The summed E-state index contributed by atoms with van der Waals surface area (Å²) in [6, 6.07) is 11.3. The minimum absolute atomic E-state index is 0.0997. The van der Waals surface area contributed by atoms with Gasteiger partial charge in [-0.15, -0.1) is 5.10 Å². The molecule has 0 atom stereocenters. The van der Waals surface area contributed by atoms with Gasteiger partial charge in [0.25, 0.3) is 5.56 Å². The van der Waals surface area contributed by atoms with Gasteiger partial charge in [-0.3, -0.25) is 4.79 Å². The topological polar surface area (TPSA) is 50.2 Å². The predicted molar refractivity (Wildman–Crippen MR) is 84.3 cm³/mol. The fourth-order valence-corrected chi connectivity index (χ4v) is 2.59. The number of aromatic nitrogens is 2. The van der Waals surface area contributed by atoms with Crippen LogP contribution in [0.5, 0.6) is 0 Å². The van der Waals surface area contributed by atoms with Crippen LogP contribution in [0.3, 0.4) is 0 Å². The number of nitrogens with one attached hydrogen (secondary N) is 1. The molecule has 5 heteroatoms. The Morgan fingerprint density at radius 2 is 2.05 bits per heavy atom. The largest absolute Gasteiger partial charge is 0.354 e. The molecular weight excluding hydrogens is 264 g/mol. The van der Waals surface area contributed by atoms with Crippen molar-refractivity contribution >= 4 is 5.82 Å². The lowest BCUT2D eigenvalue weighted by atomic mass is 10.2. The summed E-state index contributed by atoms with van der Waals surface area (Å²) in [7, 11) is 0. The van der Waals surface area contributed by atoms with Crippen molar-refractivity contribution in [2.75, 3.05) is 31.1 Å². The molecule has 0 amide bonds. The molecule has 3 rings (SSSR count). The summed E-state index contributed by atoms with van der Waals surface area (Å²) < 4.78 is 1.49. The Balaban J connectivity index is 1.98. The maximum Gasteiger partial charge on any atom is 0.271 e. The highest BCUT2D eigenvalue weighted by Crippen LogP contribution is 2.12. The third kappa shape index (κ3) is 3.13. The standard InChI is InChI=1S/C16H20N4O/c1-13-4-2-5-14(12-13)20-16(21)7-6-15(18-20)19-10-3-8-17-9-11-19/h2,4-7,12,17H,3,8-11H2,1H3. The first-order chi connectivity index (χ1) is 10.2. The van der Waals surface area contributed by atoms with E-state index in [0.29, 0.717) is 0 Å². The van der Waals surface area contributed by atoms with E-state index < -0.39 is 0 Å². The van der Waals surface area contributed by atoms with Crippen molar-refractivity contribution in [3.8, 4) is 5.69 Å². The van der Waals surface area contributed by atoms with Crippen LogP contribution < -0.4 is 15.8 Å². The lowest BCUT2D eigenvalue weighted by Gasteiger charge is -2.21. The van der Waals surface area contributed by atoms with Gasteiger partial charge in [-0.05, 0) is 43.7 Å². The van der Waals surface area contributed by atoms with Crippen molar-refractivity contribution in [2.24, 2.45) is 0 Å². The summed E-state index contributed by atoms with van der Waals surface area (Å²) in [4.78, 5) is 14.3. The number of rotatable bonds is 2. The third-order valence-corrected chi connectivity index (χ3v) is 3.70. The van der Waals surface area contributed by atoms with Gasteiger partial charge in [0.05, 0.1) is 5.69 Å². The molecule has 110 valence electrons. The Bertz CT molecular complexity index is 672. The highest BCUT2D eigenvalue weighted by Gasteiger charge is 2.12. The van der Waals surface area contributed by atoms with E-state index in [1.807, 2.05) is 37.3 Å². The van der Waals surface area contributed by atoms with E-state index in [1.165, 1.54) is 4.68 Å². The van der Waals surface area contributed by atoms with Crippen LogP contribution in [0.25, 0.3) is 5.69 Å². The first-order valence-corrected chi connectivity index (χ1v) is 7.37. The fraction of sp³-hybridized carbons (Fsp3) is 0.375. The molecule has 21 heavy (non-hydrogen) atoms. The molecule has 0 aliphatic carbocycles. The maximum absolute atomic E-state index is 12.1. The van der Waals surface area contributed by atoms with Crippen molar-refractivity contribution in [1.29, 1.82) is 0 Å². The molecule has 0 saturated carbocycles. The van der Waals surface area contributed by atoms with Gasteiger partial charge >= 0.3 is 0 Å². The van der Waals surface area contributed by atoms with E-state index in [9.17, 15) is 4.79 Å². The van der Waals surface area contributed by atoms with Crippen LogP contribution in [-0.4, -0.2) is 36.0 Å². The number of anilines is 1. The number of aryl methyl sites for hydroxylation is 1. The van der Waals surface area contributed by atoms with Crippen LogP contribution in [0.15, 0.2) is 41.2 Å². The Kier molecular flexibility index (Phi) is 4.01. The van der Waals surface area contributed by atoms with Crippen LogP contribution in [0.1, 0.15) is 12.0 Å². The summed E-state index contributed by atoms with van der Waals surface area (Å²) >= 11 is 0. The summed E-state index contributed by atoms with van der Waals surface area (Å²) in [5, 5.41) is 7.93. The highest BCUT2D eigenvalue weighted by molar-refractivity contribution is 5.40. The molecule has 0 radical (unpaired) electrons. The van der Waals surface area contributed by atoms with Crippen LogP contribution in [-0.2, 0) is 0 Å². The van der Waals surface area contributed by atoms with Gasteiger partial charge in [-0.1, -0.05) is 12.1 Å². The third-order valence-electron chi connectivity index (χ3n) is 3.70. The van der Waals surface area contributed by atoms with Crippen molar-refractivity contribution < 1.29 is 0 Å². The molecule has 5 nitrogen and oxygen atoms in total. The Hall–Kier alpha value is -2.14. The molecule has 1 aromatic carbocycles. The zero-order valence-electron chi connectivity index (χ0n) is 12.2. The maximum atomic E-state index is 12.1.